The molecule has 9 nitrogen and oxygen atoms in total. The van der Waals surface area contributed by atoms with Gasteiger partial charge in [-0.05, 0) is 45.7 Å². The molecule has 3 heterocycles. The number of carbonyl (C=O) groups excluding carboxylic acids is 3. The SMILES string of the molecule is CC(C)(C)OC(=O)N1C[C@@H]2C[C@H]1C(=O)NC[C@@H]1C=CC[C@@H](CCOc3ccccc3C(=O)N2)O1. The molecular formula is C25H33N3O6. The molecule has 3 aliphatic heterocycles. The third kappa shape index (κ3) is 5.88. The van der Waals surface area contributed by atoms with Gasteiger partial charge in [0.1, 0.15) is 17.4 Å². The summed E-state index contributed by atoms with van der Waals surface area (Å²) in [5.41, 5.74) is -0.297. The van der Waals surface area contributed by atoms with Crippen molar-refractivity contribution in [3.8, 4) is 5.75 Å². The standard InChI is InChI=1S/C25H33N3O6/c1-25(2,3)34-24(31)28-15-16-13-20(28)23(30)26-14-18-8-6-7-17(33-18)11-12-32-21-10-5-4-9-19(21)22(29)27-16/h4-6,8-10,16-18,20H,7,11-15H2,1-3H3,(H,26,30)(H,27,29)/t16-,17-,18-,20-/m0/s1. The van der Waals surface area contributed by atoms with E-state index in [1.54, 1.807) is 39.0 Å². The summed E-state index contributed by atoms with van der Waals surface area (Å²) in [6.45, 7) is 6.19. The lowest BCUT2D eigenvalue weighted by atomic mass is 10.1. The van der Waals surface area contributed by atoms with Gasteiger partial charge in [-0.1, -0.05) is 24.3 Å². The number of hydrogen-bond acceptors (Lipinski definition) is 6. The van der Waals surface area contributed by atoms with E-state index in [0.29, 0.717) is 30.9 Å². The number of carbonyl (C=O) groups is 3. The highest BCUT2D eigenvalue weighted by Crippen LogP contribution is 2.25. The lowest BCUT2D eigenvalue weighted by molar-refractivity contribution is -0.126. The zero-order chi connectivity index (χ0) is 24.3. The van der Waals surface area contributed by atoms with Crippen LogP contribution in [0.2, 0.25) is 0 Å². The molecule has 1 fully saturated rings. The zero-order valence-corrected chi connectivity index (χ0v) is 19.9. The second-order valence-electron chi connectivity index (χ2n) is 9.89. The third-order valence-corrected chi connectivity index (χ3v) is 5.99. The Balaban J connectivity index is 1.59. The summed E-state index contributed by atoms with van der Waals surface area (Å²) < 4.78 is 17.6. The van der Waals surface area contributed by atoms with Crippen LogP contribution in [0.3, 0.4) is 0 Å². The summed E-state index contributed by atoms with van der Waals surface area (Å²) in [5.74, 6) is -0.112. The molecule has 3 aliphatic rings. The van der Waals surface area contributed by atoms with Crippen molar-refractivity contribution in [2.24, 2.45) is 0 Å². The van der Waals surface area contributed by atoms with Crippen LogP contribution in [0, 0.1) is 0 Å². The maximum Gasteiger partial charge on any atom is 0.411 e. The van der Waals surface area contributed by atoms with Crippen LogP contribution in [0.5, 0.6) is 5.75 Å². The average Bonchev–Trinajstić information content (AvgIpc) is 3.20. The van der Waals surface area contributed by atoms with Crippen molar-refractivity contribution in [2.75, 3.05) is 19.7 Å². The molecule has 0 spiro atoms. The molecule has 4 rings (SSSR count). The van der Waals surface area contributed by atoms with Crippen molar-refractivity contribution < 1.29 is 28.6 Å². The van der Waals surface area contributed by atoms with E-state index in [4.69, 9.17) is 14.2 Å². The van der Waals surface area contributed by atoms with Gasteiger partial charge >= 0.3 is 6.09 Å². The number of rotatable bonds is 0. The van der Waals surface area contributed by atoms with Crippen LogP contribution in [-0.2, 0) is 14.3 Å². The van der Waals surface area contributed by atoms with Gasteiger partial charge in [-0.2, -0.15) is 0 Å². The highest BCUT2D eigenvalue weighted by atomic mass is 16.6. The number of hydrogen-bond donors (Lipinski definition) is 2. The van der Waals surface area contributed by atoms with Crippen molar-refractivity contribution in [3.63, 3.8) is 0 Å². The number of para-hydroxylation sites is 1. The maximum atomic E-state index is 13.1. The van der Waals surface area contributed by atoms with Gasteiger partial charge in [0.25, 0.3) is 5.91 Å². The van der Waals surface area contributed by atoms with Gasteiger partial charge in [-0.3, -0.25) is 14.5 Å². The average molecular weight is 472 g/mol. The normalized spacial score (nSPS) is 27.8. The van der Waals surface area contributed by atoms with E-state index in [9.17, 15) is 14.4 Å². The molecule has 4 atom stereocenters. The Bertz CT molecular complexity index is 956. The van der Waals surface area contributed by atoms with Gasteiger partial charge in [0.05, 0.1) is 24.4 Å². The monoisotopic (exact) mass is 471 g/mol. The van der Waals surface area contributed by atoms with E-state index in [1.165, 1.54) is 4.90 Å². The van der Waals surface area contributed by atoms with E-state index in [0.717, 1.165) is 6.42 Å². The quantitative estimate of drug-likeness (QED) is 0.563. The molecule has 9 heteroatoms. The molecule has 0 aliphatic carbocycles. The summed E-state index contributed by atoms with van der Waals surface area (Å²) in [6, 6.07) is 5.89. The van der Waals surface area contributed by atoms with Crippen LogP contribution in [0.4, 0.5) is 4.79 Å². The van der Waals surface area contributed by atoms with Crippen LogP contribution < -0.4 is 15.4 Å². The molecule has 0 radical (unpaired) electrons. The summed E-state index contributed by atoms with van der Waals surface area (Å²) >= 11 is 0. The third-order valence-electron chi connectivity index (χ3n) is 5.99. The molecule has 4 bridgehead atoms. The summed E-state index contributed by atoms with van der Waals surface area (Å²) in [4.78, 5) is 40.5. The summed E-state index contributed by atoms with van der Waals surface area (Å²) in [7, 11) is 0. The predicted octanol–water partition coefficient (Wildman–Crippen LogP) is 2.41. The number of benzene rings is 1. The molecule has 3 amide bonds. The van der Waals surface area contributed by atoms with Crippen LogP contribution in [0.15, 0.2) is 36.4 Å². The summed E-state index contributed by atoms with van der Waals surface area (Å²) in [6.07, 6.45) is 4.80. The number of amides is 3. The van der Waals surface area contributed by atoms with Gasteiger partial charge in [0, 0.05) is 25.6 Å². The van der Waals surface area contributed by atoms with Crippen LogP contribution in [0.1, 0.15) is 50.4 Å². The fourth-order valence-corrected chi connectivity index (χ4v) is 4.41. The molecule has 0 unspecified atom stereocenters. The Morgan fingerprint density at radius 3 is 2.79 bits per heavy atom. The Kier molecular flexibility index (Phi) is 7.11. The Labute approximate surface area is 199 Å². The van der Waals surface area contributed by atoms with Crippen molar-refractivity contribution in [1.82, 2.24) is 15.5 Å². The molecule has 1 aromatic carbocycles. The number of fused-ring (bicyclic) bond motifs is 5. The molecule has 1 aromatic rings. The van der Waals surface area contributed by atoms with Crippen LogP contribution >= 0.6 is 0 Å². The van der Waals surface area contributed by atoms with Crippen LogP contribution in [-0.4, -0.2) is 72.4 Å². The Morgan fingerprint density at radius 1 is 1.21 bits per heavy atom. The minimum absolute atomic E-state index is 0.0464. The van der Waals surface area contributed by atoms with E-state index in [2.05, 4.69) is 10.6 Å². The fourth-order valence-electron chi connectivity index (χ4n) is 4.41. The number of ether oxygens (including phenoxy) is 3. The molecule has 1 saturated heterocycles. The van der Waals surface area contributed by atoms with Gasteiger partial charge < -0.3 is 24.8 Å². The highest BCUT2D eigenvalue weighted by molar-refractivity contribution is 5.97. The lowest BCUT2D eigenvalue weighted by Gasteiger charge is -2.29. The van der Waals surface area contributed by atoms with Crippen molar-refractivity contribution in [1.29, 1.82) is 0 Å². The fraction of sp³-hybridized carbons (Fsp3) is 0.560. The molecule has 0 saturated carbocycles. The molecule has 34 heavy (non-hydrogen) atoms. The predicted molar refractivity (Wildman–Crippen MR) is 125 cm³/mol. The largest absolute Gasteiger partial charge is 0.493 e. The zero-order valence-electron chi connectivity index (χ0n) is 19.9. The van der Waals surface area contributed by atoms with Crippen molar-refractivity contribution in [2.45, 2.75) is 69.9 Å². The van der Waals surface area contributed by atoms with E-state index in [-0.39, 0.29) is 37.0 Å². The first-order chi connectivity index (χ1) is 16.2. The van der Waals surface area contributed by atoms with E-state index >= 15 is 0 Å². The molecule has 0 aromatic heterocycles. The highest BCUT2D eigenvalue weighted by Gasteiger charge is 2.42. The van der Waals surface area contributed by atoms with Crippen molar-refractivity contribution in [3.05, 3.63) is 42.0 Å². The van der Waals surface area contributed by atoms with Gasteiger partial charge in [-0.25, -0.2) is 4.79 Å². The Morgan fingerprint density at radius 2 is 2.00 bits per heavy atom. The van der Waals surface area contributed by atoms with Gasteiger partial charge in [0.15, 0.2) is 0 Å². The minimum Gasteiger partial charge on any atom is -0.493 e. The Hall–Kier alpha value is -3.07. The topological polar surface area (TPSA) is 106 Å². The minimum atomic E-state index is -0.761. The number of likely N-dealkylation sites (tertiary alicyclic amines) is 1. The van der Waals surface area contributed by atoms with E-state index < -0.39 is 23.8 Å². The molecular weight excluding hydrogens is 438 g/mol. The van der Waals surface area contributed by atoms with Crippen molar-refractivity contribution >= 4 is 17.9 Å². The molecule has 184 valence electrons. The summed E-state index contributed by atoms with van der Waals surface area (Å²) in [5, 5.41) is 5.88. The number of nitrogens with zero attached hydrogens (tertiary/aromatic N) is 1. The van der Waals surface area contributed by atoms with E-state index in [1.807, 2.05) is 18.2 Å². The van der Waals surface area contributed by atoms with Gasteiger partial charge in [0.2, 0.25) is 5.91 Å². The first-order valence-corrected chi connectivity index (χ1v) is 11.8. The first-order valence-electron chi connectivity index (χ1n) is 11.8. The lowest BCUT2D eigenvalue weighted by Crippen LogP contribution is -2.49. The second-order valence-corrected chi connectivity index (χ2v) is 9.89. The number of nitrogens with one attached hydrogen (secondary N) is 2. The first kappa shape index (κ1) is 24.1. The maximum absolute atomic E-state index is 13.1. The second kappa shape index (κ2) is 10.0. The smallest absolute Gasteiger partial charge is 0.411 e. The van der Waals surface area contributed by atoms with Crippen LogP contribution in [0.25, 0.3) is 0 Å². The molecule has 2 N–H and O–H groups in total. The van der Waals surface area contributed by atoms with Gasteiger partial charge in [-0.15, -0.1) is 0 Å².